The Morgan fingerprint density at radius 2 is 0.861 bits per heavy atom. The normalized spacial score (nSPS) is 15.8. The molecule has 3 amide bonds. The molecule has 9 aromatic heterocycles. The van der Waals surface area contributed by atoms with Gasteiger partial charge in [0.05, 0.1) is 125 Å². The number of piperazine rings is 2. The van der Waals surface area contributed by atoms with Crippen molar-refractivity contribution in [3.05, 3.63) is 192 Å². The second-order valence-corrected chi connectivity index (χ2v) is 26.0. The number of hydrogen-bond acceptors (Lipinski definition) is 19. The van der Waals surface area contributed by atoms with E-state index in [0.29, 0.717) is 70.8 Å². The lowest BCUT2D eigenvalue weighted by molar-refractivity contribution is 0.0958. The fraction of sp³-hybridized carbons (Fsp3) is 0.250. The molecule has 0 atom stereocenters. The SMILES string of the molecule is COc1ccc2c(-c3ncc(Nc4ccc(N5CCN(C)CC5)cn4)c4c3CNC4=O)c[nH]c2c1.Cc1cccc2c(-c3ncc(Nc4ccc(N5CCN(C)CC5)cn4)c4c3CNC4=O)c[nH]c12.O=C1NCc2c(-c3c[nH]c4ccccc34)ncc(Nc3ccc(N4CCOCC4)cn3)c21. The molecule has 12 aromatic rings. The van der Waals surface area contributed by atoms with Crippen LogP contribution < -0.4 is 51.3 Å². The van der Waals surface area contributed by atoms with Crippen molar-refractivity contribution < 1.29 is 23.9 Å². The van der Waals surface area contributed by atoms with E-state index >= 15 is 0 Å². The first-order chi connectivity index (χ1) is 49.5. The van der Waals surface area contributed by atoms with E-state index < -0.39 is 0 Å². The molecule has 3 saturated heterocycles. The van der Waals surface area contributed by atoms with Gasteiger partial charge in [-0.3, -0.25) is 29.3 Å². The van der Waals surface area contributed by atoms with E-state index in [9.17, 15) is 14.4 Å². The number of carbonyl (C=O) groups excluding carboxylic acids is 3. The summed E-state index contributed by atoms with van der Waals surface area (Å²) < 4.78 is 10.8. The summed E-state index contributed by atoms with van der Waals surface area (Å²) in [4.78, 5) is 87.9. The number of aromatic amines is 3. The van der Waals surface area contributed by atoms with Crippen molar-refractivity contribution in [3.8, 4) is 39.5 Å². The fourth-order valence-electron chi connectivity index (χ4n) is 14.2. The number of H-pyrrole nitrogens is 3. The molecule has 25 nitrogen and oxygen atoms in total. The van der Waals surface area contributed by atoms with E-state index in [4.69, 9.17) is 24.4 Å². The predicted molar refractivity (Wildman–Crippen MR) is 394 cm³/mol. The van der Waals surface area contributed by atoms with Gasteiger partial charge >= 0.3 is 0 Å². The van der Waals surface area contributed by atoms with E-state index in [-0.39, 0.29) is 17.7 Å². The molecule has 6 aliphatic heterocycles. The van der Waals surface area contributed by atoms with Gasteiger partial charge in [0.1, 0.15) is 23.2 Å². The Balaban J connectivity index is 0.000000118. The van der Waals surface area contributed by atoms with Gasteiger partial charge in [-0.05, 0) is 81.2 Å². The highest BCUT2D eigenvalue weighted by atomic mass is 16.5. The number of nitrogens with zero attached hydrogens (tertiary/aromatic N) is 11. The summed E-state index contributed by atoms with van der Waals surface area (Å²) in [5.41, 5.74) is 19.5. The Bertz CT molecular complexity index is 5110. The standard InChI is InChI=1S/C26H27N7O2.C26H27N7O.C24H22N6O2/c1-32-7-9-33(10-8-32)16-3-6-23(28-12-16)31-22-15-29-25(20-14-30-26(34)24(20)22)19-13-27-21-11-17(35-2)4-5-18(19)21;1-16-4-3-5-18-19(13-28-24(16)18)25-20-14-30-26(34)23(20)21(15-29-25)31-22-7-6-17(12-27-22)33-10-8-32(2)9-11-33;31-24-22-18(13-28-24)23(17-12-25-19-4-2-1-3-16(17)19)27-14-20(22)29-21-6-5-15(11-26-21)30-7-9-32-10-8-30/h3-6,11-13,15,27H,7-10,14H2,1-2H3,(H,28,31)(H,30,34);3-7,12-13,15,28H,8-11,14H2,1-2H3,(H,27,31)(H,30,34);1-6,11-12,14,25H,7-10,13H2,(H,26,29)(H,28,31). The molecule has 0 aliphatic carbocycles. The number of hydrogen-bond donors (Lipinski definition) is 9. The minimum Gasteiger partial charge on any atom is -0.497 e. The second kappa shape index (κ2) is 27.4. The van der Waals surface area contributed by atoms with Crippen molar-refractivity contribution in [2.24, 2.45) is 0 Å². The van der Waals surface area contributed by atoms with Crippen molar-refractivity contribution >= 4 is 102 Å². The van der Waals surface area contributed by atoms with Crippen LogP contribution in [0.3, 0.4) is 0 Å². The molecule has 101 heavy (non-hydrogen) atoms. The molecule has 0 saturated carbocycles. The zero-order valence-electron chi connectivity index (χ0n) is 56.5. The molecular formula is C76H76N20O5. The number of para-hydroxylation sites is 2. The van der Waals surface area contributed by atoms with Crippen LogP contribution in [0.1, 0.15) is 53.3 Å². The first kappa shape index (κ1) is 63.8. The second-order valence-electron chi connectivity index (χ2n) is 26.0. The van der Waals surface area contributed by atoms with Gasteiger partial charge < -0.3 is 80.8 Å². The first-order valence-electron chi connectivity index (χ1n) is 34.0. The average molecular weight is 1350 g/mol. The van der Waals surface area contributed by atoms with Gasteiger partial charge in [-0.2, -0.15) is 0 Å². The first-order valence-corrected chi connectivity index (χ1v) is 34.0. The maximum Gasteiger partial charge on any atom is 0.254 e. The number of rotatable bonds is 13. The van der Waals surface area contributed by atoms with Crippen LogP contribution in [0.25, 0.3) is 66.5 Å². The third-order valence-electron chi connectivity index (χ3n) is 19.8. The van der Waals surface area contributed by atoms with E-state index in [0.717, 1.165) is 185 Å². The number of ether oxygens (including phenoxy) is 2. The summed E-state index contributed by atoms with van der Waals surface area (Å²) in [7, 11) is 5.94. The van der Waals surface area contributed by atoms with Crippen LogP contribution in [0.15, 0.2) is 153 Å². The Morgan fingerprint density at radius 1 is 0.436 bits per heavy atom. The lowest BCUT2D eigenvalue weighted by Gasteiger charge is -2.33. The number of morpholine rings is 1. The van der Waals surface area contributed by atoms with Crippen molar-refractivity contribution in [2.75, 3.05) is 131 Å². The summed E-state index contributed by atoms with van der Waals surface area (Å²) in [6, 6.07) is 32.2. The largest absolute Gasteiger partial charge is 0.497 e. The van der Waals surface area contributed by atoms with Crippen LogP contribution in [0.5, 0.6) is 5.75 Å². The van der Waals surface area contributed by atoms with Crippen LogP contribution in [-0.4, -0.2) is 172 Å². The monoisotopic (exact) mass is 1350 g/mol. The third kappa shape index (κ3) is 12.7. The van der Waals surface area contributed by atoms with E-state index in [1.807, 2.05) is 104 Å². The maximum atomic E-state index is 12.8. The summed E-state index contributed by atoms with van der Waals surface area (Å²) in [6.07, 6.45) is 16.7. The molecule has 18 rings (SSSR count). The molecule has 510 valence electrons. The van der Waals surface area contributed by atoms with Crippen LogP contribution in [-0.2, 0) is 24.4 Å². The molecule has 0 bridgehead atoms. The molecule has 9 N–H and O–H groups in total. The molecule has 3 fully saturated rings. The number of amides is 3. The molecule has 6 aliphatic rings. The van der Waals surface area contributed by atoms with Crippen LogP contribution in [0.4, 0.5) is 51.6 Å². The Kier molecular flexibility index (Phi) is 17.3. The number of pyridine rings is 6. The van der Waals surface area contributed by atoms with Crippen LogP contribution in [0, 0.1) is 6.92 Å². The fourth-order valence-corrected chi connectivity index (χ4v) is 14.2. The summed E-state index contributed by atoms with van der Waals surface area (Å²) in [6.45, 7) is 14.8. The molecule has 25 heteroatoms. The molecule has 3 aromatic carbocycles. The van der Waals surface area contributed by atoms with E-state index in [1.165, 1.54) is 5.56 Å². The minimum absolute atomic E-state index is 0.0915. The number of methoxy groups -OCH3 is 1. The molecular weight excluding hydrogens is 1270 g/mol. The van der Waals surface area contributed by atoms with Crippen LogP contribution >= 0.6 is 0 Å². The lowest BCUT2D eigenvalue weighted by atomic mass is 10.0. The Labute approximate surface area is 582 Å². The highest BCUT2D eigenvalue weighted by Gasteiger charge is 2.32. The van der Waals surface area contributed by atoms with Crippen molar-refractivity contribution in [1.82, 2.24) is 70.6 Å². The molecule has 0 spiro atoms. The number of benzene rings is 3. The van der Waals surface area contributed by atoms with Gasteiger partial charge in [-0.25, -0.2) is 15.0 Å². The van der Waals surface area contributed by atoms with Gasteiger partial charge in [0, 0.05) is 176 Å². The molecule has 15 heterocycles. The van der Waals surface area contributed by atoms with Gasteiger partial charge in [0.2, 0.25) is 0 Å². The third-order valence-corrected chi connectivity index (χ3v) is 19.8. The van der Waals surface area contributed by atoms with Gasteiger partial charge in [-0.15, -0.1) is 0 Å². The van der Waals surface area contributed by atoms with Gasteiger partial charge in [-0.1, -0.05) is 36.4 Å². The molecule has 0 radical (unpaired) electrons. The lowest BCUT2D eigenvalue weighted by Crippen LogP contribution is -2.44. The average Bonchev–Trinajstić information content (AvgIpc) is 1.85. The van der Waals surface area contributed by atoms with Crippen molar-refractivity contribution in [1.29, 1.82) is 0 Å². The summed E-state index contributed by atoms with van der Waals surface area (Å²) in [5.74, 6) is 2.52. The highest BCUT2D eigenvalue weighted by Crippen LogP contribution is 2.41. The smallest absolute Gasteiger partial charge is 0.254 e. The van der Waals surface area contributed by atoms with E-state index in [2.05, 4.69) is 138 Å². The Hall–Kier alpha value is -11.9. The number of likely N-dealkylation sites (N-methyl/N-ethyl adjacent to an activating group) is 2. The topological polar surface area (TPSA) is 283 Å². The summed E-state index contributed by atoms with van der Waals surface area (Å²) >= 11 is 0. The highest BCUT2D eigenvalue weighted by molar-refractivity contribution is 6.09. The number of nitrogens with one attached hydrogen (secondary N) is 9. The van der Waals surface area contributed by atoms with Crippen molar-refractivity contribution in [2.45, 2.75) is 26.6 Å². The van der Waals surface area contributed by atoms with Gasteiger partial charge in [0.15, 0.2) is 0 Å². The zero-order chi connectivity index (χ0) is 68.7. The quantitative estimate of drug-likeness (QED) is 0.0519. The predicted octanol–water partition coefficient (Wildman–Crippen LogP) is 10.5. The van der Waals surface area contributed by atoms with Gasteiger partial charge in [0.25, 0.3) is 17.7 Å². The number of anilines is 9. The Morgan fingerprint density at radius 3 is 1.33 bits per heavy atom. The van der Waals surface area contributed by atoms with Crippen LogP contribution in [0.2, 0.25) is 0 Å². The van der Waals surface area contributed by atoms with Crippen molar-refractivity contribution in [3.63, 3.8) is 0 Å². The molecule has 0 unspecified atom stereocenters. The maximum absolute atomic E-state index is 12.8. The van der Waals surface area contributed by atoms with E-state index in [1.54, 1.807) is 25.7 Å². The number of fused-ring (bicyclic) bond motifs is 6. The number of aryl methyl sites for hydroxylation is 1. The zero-order valence-corrected chi connectivity index (χ0v) is 56.5. The number of carbonyl (C=O) groups is 3. The number of aromatic nitrogens is 9. The minimum atomic E-state index is -0.110. The summed E-state index contributed by atoms with van der Waals surface area (Å²) in [5, 5.41) is 22.0.